The quantitative estimate of drug-likeness (QED) is 0.461. The van der Waals surface area contributed by atoms with E-state index in [1.807, 2.05) is 30.3 Å². The summed E-state index contributed by atoms with van der Waals surface area (Å²) in [6, 6.07) is 21.6. The molecule has 7 heteroatoms. The maximum absolute atomic E-state index is 12.8. The zero-order chi connectivity index (χ0) is 21.8. The van der Waals surface area contributed by atoms with E-state index in [9.17, 15) is 9.59 Å². The van der Waals surface area contributed by atoms with Crippen molar-refractivity contribution >= 4 is 35.2 Å². The molecule has 2 amide bonds. The molecule has 0 bridgehead atoms. The number of benzene rings is 3. The van der Waals surface area contributed by atoms with Crippen molar-refractivity contribution in [2.45, 2.75) is 6.61 Å². The average Bonchev–Trinajstić information content (AvgIpc) is 3.07. The predicted octanol–water partition coefficient (Wildman–Crippen LogP) is 4.39. The molecular weight excluding hydrogens is 416 g/mol. The molecule has 1 fully saturated rings. The minimum atomic E-state index is -0.483. The molecule has 1 N–H and O–H groups in total. The molecule has 0 radical (unpaired) electrons. The van der Waals surface area contributed by atoms with Gasteiger partial charge in [-0.15, -0.1) is 0 Å². The molecule has 6 nitrogen and oxygen atoms in total. The summed E-state index contributed by atoms with van der Waals surface area (Å²) >= 11 is 5.89. The van der Waals surface area contributed by atoms with Gasteiger partial charge in [-0.2, -0.15) is 0 Å². The van der Waals surface area contributed by atoms with Crippen molar-refractivity contribution in [2.24, 2.45) is 0 Å². The van der Waals surface area contributed by atoms with Crippen LogP contribution in [0.25, 0.3) is 6.08 Å². The van der Waals surface area contributed by atoms with Gasteiger partial charge in [-0.05, 0) is 53.6 Å². The van der Waals surface area contributed by atoms with Crippen LogP contribution < -0.4 is 19.9 Å². The van der Waals surface area contributed by atoms with Gasteiger partial charge in [-0.1, -0.05) is 48.0 Å². The molecule has 0 atom stereocenters. The van der Waals surface area contributed by atoms with Crippen LogP contribution in [0.1, 0.15) is 11.1 Å². The minimum Gasteiger partial charge on any atom is -0.493 e. The minimum absolute atomic E-state index is 0.0231. The van der Waals surface area contributed by atoms with Gasteiger partial charge in [0.15, 0.2) is 11.5 Å². The molecule has 1 saturated heterocycles. The van der Waals surface area contributed by atoms with Crippen molar-refractivity contribution < 1.29 is 19.1 Å². The number of anilines is 1. The summed E-state index contributed by atoms with van der Waals surface area (Å²) < 4.78 is 11.3. The first-order chi connectivity index (χ1) is 15.0. The Bertz CT molecular complexity index is 1140. The lowest BCUT2D eigenvalue weighted by Gasteiger charge is -2.14. The molecule has 0 unspecified atom stereocenters. The second kappa shape index (κ2) is 8.93. The van der Waals surface area contributed by atoms with Gasteiger partial charge in [0.2, 0.25) is 0 Å². The lowest BCUT2D eigenvalue weighted by atomic mass is 10.1. The van der Waals surface area contributed by atoms with Gasteiger partial charge in [0.25, 0.3) is 11.8 Å². The number of hydrogen-bond donors (Lipinski definition) is 1. The Labute approximate surface area is 184 Å². The van der Waals surface area contributed by atoms with Gasteiger partial charge in [0.1, 0.15) is 12.2 Å². The molecule has 0 spiro atoms. The molecule has 0 saturated carbocycles. The van der Waals surface area contributed by atoms with Crippen molar-refractivity contribution in [2.75, 3.05) is 12.1 Å². The van der Waals surface area contributed by atoms with E-state index in [1.54, 1.807) is 42.5 Å². The summed E-state index contributed by atoms with van der Waals surface area (Å²) in [5, 5.41) is 1.73. The summed E-state index contributed by atoms with van der Waals surface area (Å²) in [6.45, 7) is 0.397. The van der Waals surface area contributed by atoms with Crippen molar-refractivity contribution in [3.05, 3.63) is 94.5 Å². The van der Waals surface area contributed by atoms with Crippen LogP contribution in [-0.2, 0) is 16.2 Å². The van der Waals surface area contributed by atoms with Crippen molar-refractivity contribution in [3.63, 3.8) is 0 Å². The van der Waals surface area contributed by atoms with Gasteiger partial charge in [-0.3, -0.25) is 15.0 Å². The average molecular weight is 435 g/mol. The number of ether oxygens (including phenoxy) is 2. The summed E-state index contributed by atoms with van der Waals surface area (Å²) in [6.07, 6.45) is 1.52. The largest absolute Gasteiger partial charge is 0.493 e. The van der Waals surface area contributed by atoms with E-state index in [1.165, 1.54) is 18.2 Å². The van der Waals surface area contributed by atoms with E-state index in [4.69, 9.17) is 21.1 Å². The fourth-order valence-electron chi connectivity index (χ4n) is 3.12. The van der Waals surface area contributed by atoms with E-state index >= 15 is 0 Å². The maximum Gasteiger partial charge on any atom is 0.282 e. The molecule has 3 aromatic rings. The summed E-state index contributed by atoms with van der Waals surface area (Å²) in [5.74, 6) is 0.142. The Morgan fingerprint density at radius 2 is 1.71 bits per heavy atom. The highest BCUT2D eigenvalue weighted by Gasteiger charge is 2.34. The normalized spacial score (nSPS) is 14.6. The number of rotatable bonds is 6. The first-order valence-electron chi connectivity index (χ1n) is 9.52. The third kappa shape index (κ3) is 4.54. The van der Waals surface area contributed by atoms with Crippen molar-refractivity contribution in [3.8, 4) is 11.5 Å². The Morgan fingerprint density at radius 3 is 2.42 bits per heavy atom. The predicted molar refractivity (Wildman–Crippen MR) is 119 cm³/mol. The Hall–Kier alpha value is -3.77. The topological polar surface area (TPSA) is 67.9 Å². The number of hydrogen-bond acceptors (Lipinski definition) is 4. The smallest absolute Gasteiger partial charge is 0.282 e. The molecule has 0 aliphatic carbocycles. The SMILES string of the molecule is COc1cc(/C=C2/C(=O)NN(c3ccc(Cl)cc3)C2=O)ccc1OCc1ccccc1. The summed E-state index contributed by atoms with van der Waals surface area (Å²) in [5.41, 5.74) is 4.78. The van der Waals surface area contributed by atoms with Crippen LogP contribution in [0.5, 0.6) is 11.5 Å². The first-order valence-corrected chi connectivity index (χ1v) is 9.90. The van der Waals surface area contributed by atoms with E-state index in [0.717, 1.165) is 5.56 Å². The molecule has 1 aliphatic rings. The number of nitrogens with one attached hydrogen (secondary N) is 1. The Balaban J connectivity index is 1.54. The van der Waals surface area contributed by atoms with Crippen LogP contribution in [-0.4, -0.2) is 18.9 Å². The number of amides is 2. The van der Waals surface area contributed by atoms with E-state index in [-0.39, 0.29) is 5.57 Å². The lowest BCUT2D eigenvalue weighted by Crippen LogP contribution is -2.35. The van der Waals surface area contributed by atoms with E-state index in [0.29, 0.717) is 34.4 Å². The Kier molecular flexibility index (Phi) is 5.91. The first kappa shape index (κ1) is 20.5. The van der Waals surface area contributed by atoms with Crippen LogP contribution in [0.4, 0.5) is 5.69 Å². The van der Waals surface area contributed by atoms with E-state index < -0.39 is 11.8 Å². The third-order valence-corrected chi connectivity index (χ3v) is 4.96. The fourth-order valence-corrected chi connectivity index (χ4v) is 3.25. The van der Waals surface area contributed by atoms with Crippen LogP contribution in [0.3, 0.4) is 0 Å². The third-order valence-electron chi connectivity index (χ3n) is 4.71. The highest BCUT2D eigenvalue weighted by Crippen LogP contribution is 2.30. The molecule has 3 aromatic carbocycles. The van der Waals surface area contributed by atoms with Crippen LogP contribution in [0.2, 0.25) is 5.02 Å². The Morgan fingerprint density at radius 1 is 0.968 bits per heavy atom. The molecule has 31 heavy (non-hydrogen) atoms. The van der Waals surface area contributed by atoms with Crippen LogP contribution >= 0.6 is 11.6 Å². The molecule has 1 aliphatic heterocycles. The standard InChI is InChI=1S/C24H19ClN2O4/c1-30-22-14-17(7-12-21(22)31-15-16-5-3-2-4-6-16)13-20-23(28)26-27(24(20)29)19-10-8-18(25)9-11-19/h2-14H,15H2,1H3,(H,26,28)/b20-13-. The number of carbonyl (C=O) groups is 2. The van der Waals surface area contributed by atoms with Gasteiger partial charge >= 0.3 is 0 Å². The number of methoxy groups -OCH3 is 1. The second-order valence-corrected chi connectivity index (χ2v) is 7.24. The van der Waals surface area contributed by atoms with Crippen LogP contribution in [0, 0.1) is 0 Å². The molecule has 0 aromatic heterocycles. The lowest BCUT2D eigenvalue weighted by molar-refractivity contribution is -0.117. The van der Waals surface area contributed by atoms with Crippen LogP contribution in [0.15, 0.2) is 78.4 Å². The second-order valence-electron chi connectivity index (χ2n) is 6.80. The van der Waals surface area contributed by atoms with Crippen molar-refractivity contribution in [1.29, 1.82) is 0 Å². The number of nitrogens with zero attached hydrogens (tertiary/aromatic N) is 1. The summed E-state index contributed by atoms with van der Waals surface area (Å²) in [7, 11) is 1.54. The number of carbonyl (C=O) groups excluding carboxylic acids is 2. The van der Waals surface area contributed by atoms with Gasteiger partial charge in [0.05, 0.1) is 12.8 Å². The van der Waals surface area contributed by atoms with Gasteiger partial charge < -0.3 is 9.47 Å². The molecule has 1 heterocycles. The summed E-state index contributed by atoms with van der Waals surface area (Å²) in [4.78, 5) is 25.2. The zero-order valence-electron chi connectivity index (χ0n) is 16.7. The molecular formula is C24H19ClN2O4. The fraction of sp³-hybridized carbons (Fsp3) is 0.0833. The molecule has 156 valence electrons. The number of halogens is 1. The highest BCUT2D eigenvalue weighted by molar-refractivity contribution is 6.32. The van der Waals surface area contributed by atoms with Gasteiger partial charge in [-0.25, -0.2) is 5.01 Å². The van der Waals surface area contributed by atoms with E-state index in [2.05, 4.69) is 5.43 Å². The highest BCUT2D eigenvalue weighted by atomic mass is 35.5. The van der Waals surface area contributed by atoms with Gasteiger partial charge in [0, 0.05) is 5.02 Å². The maximum atomic E-state index is 12.8. The number of hydrazine groups is 1. The monoisotopic (exact) mass is 434 g/mol. The molecule has 4 rings (SSSR count). The van der Waals surface area contributed by atoms with Crippen molar-refractivity contribution in [1.82, 2.24) is 5.43 Å². The zero-order valence-corrected chi connectivity index (χ0v) is 17.4.